The number of nitrogens with one attached hydrogen (secondary N) is 1. The van der Waals surface area contributed by atoms with Gasteiger partial charge in [0.05, 0.1) is 28.6 Å². The van der Waals surface area contributed by atoms with Crippen molar-refractivity contribution in [2.24, 2.45) is 0 Å². The molecule has 1 N–H and O–H groups in total. The molecule has 0 bridgehead atoms. The van der Waals surface area contributed by atoms with Gasteiger partial charge in [0, 0.05) is 24.2 Å². The molecular formula is C31H26ClFN4O4S. The van der Waals surface area contributed by atoms with E-state index in [0.717, 1.165) is 27.6 Å². The molecule has 4 aromatic carbocycles. The first-order valence-electron chi connectivity index (χ1n) is 13.2. The molecule has 0 saturated carbocycles. The van der Waals surface area contributed by atoms with Crippen molar-refractivity contribution in [3.63, 3.8) is 0 Å². The van der Waals surface area contributed by atoms with Crippen LogP contribution in [0.4, 0.5) is 15.9 Å². The zero-order valence-electron chi connectivity index (χ0n) is 22.3. The van der Waals surface area contributed by atoms with E-state index < -0.39 is 10.0 Å². The first-order valence-corrected chi connectivity index (χ1v) is 15.1. The molecular weight excluding hydrogens is 579 g/mol. The number of benzene rings is 4. The van der Waals surface area contributed by atoms with Gasteiger partial charge in [0.25, 0.3) is 0 Å². The van der Waals surface area contributed by atoms with Crippen LogP contribution in [0.2, 0.25) is 5.02 Å². The van der Waals surface area contributed by atoms with Crippen molar-refractivity contribution in [1.29, 1.82) is 0 Å². The number of morpholine rings is 1. The predicted molar refractivity (Wildman–Crippen MR) is 160 cm³/mol. The smallest absolute Gasteiger partial charge is 0.243 e. The van der Waals surface area contributed by atoms with Crippen molar-refractivity contribution >= 4 is 44.0 Å². The summed E-state index contributed by atoms with van der Waals surface area (Å²) in [6.07, 6.45) is 1.48. The molecule has 11 heteroatoms. The van der Waals surface area contributed by atoms with Crippen molar-refractivity contribution in [3.8, 4) is 16.9 Å². The normalized spacial score (nSPS) is 14.1. The van der Waals surface area contributed by atoms with Gasteiger partial charge in [-0.1, -0.05) is 41.9 Å². The molecule has 1 saturated heterocycles. The number of sulfonamides is 1. The Morgan fingerprint density at radius 3 is 2.38 bits per heavy atom. The molecule has 42 heavy (non-hydrogen) atoms. The molecule has 0 radical (unpaired) electrons. The molecule has 1 aliphatic rings. The van der Waals surface area contributed by atoms with E-state index in [4.69, 9.17) is 21.1 Å². The monoisotopic (exact) mass is 604 g/mol. The van der Waals surface area contributed by atoms with E-state index in [2.05, 4.69) is 15.3 Å². The molecule has 0 aliphatic carbocycles. The lowest BCUT2D eigenvalue weighted by Crippen LogP contribution is -2.40. The molecule has 1 fully saturated rings. The summed E-state index contributed by atoms with van der Waals surface area (Å²) in [6, 6.07) is 24.1. The molecule has 8 nitrogen and oxygen atoms in total. The van der Waals surface area contributed by atoms with E-state index >= 15 is 0 Å². The van der Waals surface area contributed by atoms with Gasteiger partial charge in [-0.3, -0.25) is 0 Å². The van der Waals surface area contributed by atoms with Crippen LogP contribution in [0.15, 0.2) is 96.2 Å². The van der Waals surface area contributed by atoms with Gasteiger partial charge >= 0.3 is 0 Å². The number of nitrogens with zero attached hydrogens (tertiary/aromatic N) is 3. The second-order valence-electron chi connectivity index (χ2n) is 9.68. The largest absolute Gasteiger partial charge is 0.487 e. The quantitative estimate of drug-likeness (QED) is 0.218. The van der Waals surface area contributed by atoms with Gasteiger partial charge < -0.3 is 14.8 Å². The van der Waals surface area contributed by atoms with Gasteiger partial charge in [0.1, 0.15) is 30.3 Å². The molecule has 2 heterocycles. The molecule has 214 valence electrons. The number of ether oxygens (including phenoxy) is 2. The number of aromatic nitrogens is 2. The van der Waals surface area contributed by atoms with Crippen LogP contribution in [0.3, 0.4) is 0 Å². The zero-order valence-corrected chi connectivity index (χ0v) is 23.9. The third-order valence-electron chi connectivity index (χ3n) is 6.93. The molecule has 0 spiro atoms. The highest BCUT2D eigenvalue weighted by Gasteiger charge is 2.26. The van der Waals surface area contributed by atoms with E-state index in [9.17, 15) is 12.8 Å². The fourth-order valence-corrected chi connectivity index (χ4v) is 6.31. The minimum absolute atomic E-state index is 0.251. The summed E-state index contributed by atoms with van der Waals surface area (Å²) in [7, 11) is -3.57. The van der Waals surface area contributed by atoms with Crippen molar-refractivity contribution in [1.82, 2.24) is 14.3 Å². The Morgan fingerprint density at radius 2 is 1.64 bits per heavy atom. The highest BCUT2D eigenvalue weighted by Crippen LogP contribution is 2.33. The van der Waals surface area contributed by atoms with Gasteiger partial charge in [-0.25, -0.2) is 22.8 Å². The Hall–Kier alpha value is -4.09. The molecule has 1 aromatic heterocycles. The van der Waals surface area contributed by atoms with Crippen molar-refractivity contribution in [2.45, 2.75) is 11.5 Å². The molecule has 0 amide bonds. The van der Waals surface area contributed by atoms with Gasteiger partial charge in [-0.05, 0) is 71.3 Å². The number of hydrogen-bond donors (Lipinski definition) is 1. The lowest BCUT2D eigenvalue weighted by molar-refractivity contribution is 0.0730. The minimum Gasteiger partial charge on any atom is -0.487 e. The fraction of sp³-hybridized carbons (Fsp3) is 0.161. The summed E-state index contributed by atoms with van der Waals surface area (Å²) in [5.41, 5.74) is 4.02. The zero-order chi connectivity index (χ0) is 29.1. The van der Waals surface area contributed by atoms with Crippen LogP contribution in [-0.2, 0) is 21.4 Å². The first-order chi connectivity index (χ1) is 20.4. The van der Waals surface area contributed by atoms with Crippen LogP contribution in [0.1, 0.15) is 5.56 Å². The summed E-state index contributed by atoms with van der Waals surface area (Å²) >= 11 is 6.50. The molecule has 1 aliphatic heterocycles. The van der Waals surface area contributed by atoms with E-state index in [1.165, 1.54) is 22.8 Å². The summed E-state index contributed by atoms with van der Waals surface area (Å²) < 4.78 is 51.7. The lowest BCUT2D eigenvalue weighted by Gasteiger charge is -2.26. The second kappa shape index (κ2) is 12.0. The first kappa shape index (κ1) is 28.0. The highest BCUT2D eigenvalue weighted by molar-refractivity contribution is 7.89. The minimum atomic E-state index is -3.57. The Bertz CT molecular complexity index is 1830. The molecule has 0 atom stereocenters. The Kier molecular flexibility index (Phi) is 8.03. The maximum atomic E-state index is 13.2. The number of anilines is 2. The number of hydrogen-bond acceptors (Lipinski definition) is 7. The predicted octanol–water partition coefficient (Wildman–Crippen LogP) is 6.43. The number of rotatable bonds is 8. The highest BCUT2D eigenvalue weighted by atomic mass is 35.5. The third kappa shape index (κ3) is 6.07. The summed E-state index contributed by atoms with van der Waals surface area (Å²) in [4.78, 5) is 9.09. The molecule has 5 aromatic rings. The van der Waals surface area contributed by atoms with Crippen LogP contribution >= 0.6 is 11.6 Å². The Morgan fingerprint density at radius 1 is 0.905 bits per heavy atom. The van der Waals surface area contributed by atoms with E-state index in [1.807, 2.05) is 24.3 Å². The van der Waals surface area contributed by atoms with Gasteiger partial charge in [-0.15, -0.1) is 0 Å². The van der Waals surface area contributed by atoms with E-state index in [-0.39, 0.29) is 17.3 Å². The fourth-order valence-electron chi connectivity index (χ4n) is 4.67. The average Bonchev–Trinajstić information content (AvgIpc) is 3.02. The van der Waals surface area contributed by atoms with E-state index in [1.54, 1.807) is 48.5 Å². The maximum Gasteiger partial charge on any atom is 0.243 e. The molecule has 0 unspecified atom stereocenters. The van der Waals surface area contributed by atoms with Crippen LogP contribution < -0.4 is 10.1 Å². The summed E-state index contributed by atoms with van der Waals surface area (Å²) in [6.45, 7) is 1.75. The second-order valence-corrected chi connectivity index (χ2v) is 12.0. The Labute approximate surface area is 247 Å². The summed E-state index contributed by atoms with van der Waals surface area (Å²) in [5.74, 6) is 0.786. The van der Waals surface area contributed by atoms with E-state index in [0.29, 0.717) is 48.6 Å². The van der Waals surface area contributed by atoms with Crippen LogP contribution in [0.25, 0.3) is 22.0 Å². The van der Waals surface area contributed by atoms with Crippen molar-refractivity contribution < 1.29 is 22.3 Å². The van der Waals surface area contributed by atoms with Crippen LogP contribution in [0, 0.1) is 5.82 Å². The van der Waals surface area contributed by atoms with Crippen LogP contribution in [-0.4, -0.2) is 49.0 Å². The van der Waals surface area contributed by atoms with Crippen molar-refractivity contribution in [3.05, 3.63) is 108 Å². The number of halogens is 2. The molecule has 6 rings (SSSR count). The lowest BCUT2D eigenvalue weighted by atomic mass is 10.0. The van der Waals surface area contributed by atoms with Crippen molar-refractivity contribution in [2.75, 3.05) is 31.6 Å². The van der Waals surface area contributed by atoms with Crippen LogP contribution in [0.5, 0.6) is 5.75 Å². The van der Waals surface area contributed by atoms with Gasteiger partial charge in [-0.2, -0.15) is 4.31 Å². The SMILES string of the molecule is O=S(=O)(c1ccc(-c2ccc3ncnc(Nc4ccc(OCc5ccc(F)cc5)c(Cl)c4)c3c2)cc1)N1CCOCC1. The number of fused-ring (bicyclic) bond motifs is 1. The topological polar surface area (TPSA) is 93.7 Å². The van der Waals surface area contributed by atoms with Gasteiger partial charge in [0.2, 0.25) is 10.0 Å². The average molecular weight is 605 g/mol. The summed E-state index contributed by atoms with van der Waals surface area (Å²) in [5, 5.41) is 4.51. The van der Waals surface area contributed by atoms with Gasteiger partial charge in [0.15, 0.2) is 0 Å². The maximum absolute atomic E-state index is 13.2. The third-order valence-corrected chi connectivity index (χ3v) is 9.14. The standard InChI is InChI=1S/C31H26ClFN4O4S/c32-28-18-25(8-12-30(28)41-19-21-1-6-24(33)7-2-21)36-31-27-17-23(5-11-29(27)34-20-35-31)22-3-9-26(10-4-22)42(38,39)37-13-15-40-16-14-37/h1-12,17-18,20H,13-16,19H2,(H,34,35,36). The Balaban J connectivity index is 1.21.